The second kappa shape index (κ2) is 6.92. The molecule has 2 aliphatic rings. The van der Waals surface area contributed by atoms with Gasteiger partial charge in [0, 0.05) is 9.75 Å². The molecule has 6 heteroatoms. The minimum absolute atomic E-state index is 0.0134. The molecule has 0 saturated carbocycles. The van der Waals surface area contributed by atoms with Gasteiger partial charge in [0.1, 0.15) is 5.75 Å². The van der Waals surface area contributed by atoms with Gasteiger partial charge in [-0.05, 0) is 59.9 Å². The first-order valence-corrected chi connectivity index (χ1v) is 10.6. The number of rotatable bonds is 4. The molecule has 1 aliphatic carbocycles. The van der Waals surface area contributed by atoms with Gasteiger partial charge < -0.3 is 15.2 Å². The lowest BCUT2D eigenvalue weighted by molar-refractivity contribution is -0.118. The van der Waals surface area contributed by atoms with Crippen molar-refractivity contribution >= 4 is 28.9 Å². The summed E-state index contributed by atoms with van der Waals surface area (Å²) in [4.78, 5) is 26.0. The van der Waals surface area contributed by atoms with Crippen LogP contribution in [0.1, 0.15) is 60.0 Å². The number of aryl methyl sites for hydroxylation is 2. The zero-order valence-corrected chi connectivity index (χ0v) is 17.3. The number of amides is 1. The molecule has 1 aliphatic heterocycles. The van der Waals surface area contributed by atoms with Crippen molar-refractivity contribution in [2.75, 3.05) is 11.9 Å². The van der Waals surface area contributed by atoms with Crippen LogP contribution in [0.4, 0.5) is 5.69 Å². The van der Waals surface area contributed by atoms with Gasteiger partial charge >= 0.3 is 5.97 Å². The molecule has 0 atom stereocenters. The highest BCUT2D eigenvalue weighted by molar-refractivity contribution is 7.16. The Morgan fingerprint density at radius 1 is 1.36 bits per heavy atom. The molecule has 0 spiro atoms. The van der Waals surface area contributed by atoms with Crippen LogP contribution < -0.4 is 10.1 Å². The van der Waals surface area contributed by atoms with Crippen molar-refractivity contribution in [2.45, 2.75) is 52.9 Å². The molecule has 1 amide bonds. The summed E-state index contributed by atoms with van der Waals surface area (Å²) in [5.74, 6) is -0.417. The quantitative estimate of drug-likeness (QED) is 0.766. The lowest BCUT2D eigenvalue weighted by atomic mass is 9.76. The average Bonchev–Trinajstić information content (AvgIpc) is 2.98. The maximum atomic E-state index is 12.3. The second-order valence-corrected chi connectivity index (χ2v) is 9.55. The number of carboxylic acid groups (broad SMARTS) is 1. The predicted molar refractivity (Wildman–Crippen MR) is 111 cm³/mol. The van der Waals surface area contributed by atoms with Gasteiger partial charge in [-0.25, -0.2) is 4.79 Å². The third-order valence-corrected chi connectivity index (χ3v) is 6.92. The highest BCUT2D eigenvalue weighted by atomic mass is 32.1. The molecule has 0 fully saturated rings. The van der Waals surface area contributed by atoms with Crippen LogP contribution in [0.2, 0.25) is 0 Å². The fourth-order valence-corrected chi connectivity index (χ4v) is 5.56. The average molecular weight is 400 g/mol. The van der Waals surface area contributed by atoms with Crippen molar-refractivity contribution in [2.24, 2.45) is 5.41 Å². The monoisotopic (exact) mass is 399 g/mol. The van der Waals surface area contributed by atoms with E-state index in [9.17, 15) is 14.7 Å². The first-order valence-electron chi connectivity index (χ1n) is 9.77. The number of carboxylic acids is 1. The Bertz CT molecular complexity index is 973. The van der Waals surface area contributed by atoms with Gasteiger partial charge in [-0.15, -0.1) is 11.3 Å². The first-order chi connectivity index (χ1) is 13.3. The summed E-state index contributed by atoms with van der Waals surface area (Å²) < 4.78 is 5.61. The maximum absolute atomic E-state index is 12.3. The van der Waals surface area contributed by atoms with Crippen molar-refractivity contribution in [3.05, 3.63) is 33.7 Å². The highest BCUT2D eigenvalue weighted by Gasteiger charge is 2.34. The molecule has 1 aromatic heterocycles. The number of hydrogen-bond acceptors (Lipinski definition) is 4. The van der Waals surface area contributed by atoms with E-state index in [1.165, 1.54) is 4.88 Å². The van der Waals surface area contributed by atoms with E-state index in [1.807, 2.05) is 12.1 Å². The molecule has 0 unspecified atom stereocenters. The van der Waals surface area contributed by atoms with Crippen LogP contribution in [0.25, 0.3) is 10.4 Å². The number of ether oxygens (including phenoxy) is 1. The van der Waals surface area contributed by atoms with Crippen molar-refractivity contribution in [1.82, 2.24) is 0 Å². The third kappa shape index (κ3) is 3.30. The van der Waals surface area contributed by atoms with Crippen LogP contribution >= 0.6 is 11.3 Å². The van der Waals surface area contributed by atoms with Crippen LogP contribution in [-0.4, -0.2) is 23.6 Å². The number of fused-ring (bicyclic) bond motifs is 2. The number of nitrogens with one attached hydrogen (secondary N) is 1. The summed E-state index contributed by atoms with van der Waals surface area (Å²) in [6.45, 7) is 6.49. The van der Waals surface area contributed by atoms with Crippen LogP contribution in [0, 0.1) is 5.41 Å². The highest BCUT2D eigenvalue weighted by Crippen LogP contribution is 2.47. The minimum atomic E-state index is -0.861. The minimum Gasteiger partial charge on any atom is -0.482 e. The van der Waals surface area contributed by atoms with Crippen LogP contribution in [0.5, 0.6) is 5.75 Å². The molecule has 2 heterocycles. The van der Waals surface area contributed by atoms with E-state index in [0.717, 1.165) is 53.7 Å². The van der Waals surface area contributed by atoms with Crippen LogP contribution in [-0.2, 0) is 24.1 Å². The summed E-state index contributed by atoms with van der Waals surface area (Å²) in [6, 6.07) is 3.86. The van der Waals surface area contributed by atoms with Crippen LogP contribution in [0.3, 0.4) is 0 Å². The molecule has 148 valence electrons. The molecule has 5 nitrogen and oxygen atoms in total. The summed E-state index contributed by atoms with van der Waals surface area (Å²) >= 11 is 1.61. The zero-order chi connectivity index (χ0) is 20.1. The molecule has 2 N–H and O–H groups in total. The number of carbonyl (C=O) groups excluding carboxylic acids is 1. The fraction of sp³-hybridized carbons (Fsp3) is 0.455. The topological polar surface area (TPSA) is 75.6 Å². The maximum Gasteiger partial charge on any atom is 0.337 e. The molecular weight excluding hydrogens is 374 g/mol. The fourth-order valence-electron chi connectivity index (χ4n) is 4.19. The van der Waals surface area contributed by atoms with Gasteiger partial charge in [-0.2, -0.15) is 0 Å². The molecule has 0 radical (unpaired) electrons. The van der Waals surface area contributed by atoms with Crippen molar-refractivity contribution in [1.29, 1.82) is 0 Å². The number of thiophene rings is 1. The Balaban J connectivity index is 1.90. The smallest absolute Gasteiger partial charge is 0.337 e. The number of hydrogen-bond donors (Lipinski definition) is 2. The van der Waals surface area contributed by atoms with E-state index < -0.39 is 5.97 Å². The summed E-state index contributed by atoms with van der Waals surface area (Å²) in [5.41, 5.74) is 4.20. The largest absolute Gasteiger partial charge is 0.482 e. The van der Waals surface area contributed by atoms with Crippen molar-refractivity contribution in [3.8, 4) is 16.2 Å². The Kier molecular flexibility index (Phi) is 4.70. The lowest BCUT2D eigenvalue weighted by Crippen LogP contribution is -2.25. The second-order valence-electron chi connectivity index (χ2n) is 8.45. The predicted octanol–water partition coefficient (Wildman–Crippen LogP) is 4.91. The van der Waals surface area contributed by atoms with Gasteiger partial charge in [0.2, 0.25) is 0 Å². The van der Waals surface area contributed by atoms with Crippen LogP contribution in [0.15, 0.2) is 12.1 Å². The summed E-state index contributed by atoms with van der Waals surface area (Å²) in [5, 5.41) is 12.9. The lowest BCUT2D eigenvalue weighted by Gasteiger charge is -2.29. The molecule has 1 aromatic carbocycles. The van der Waals surface area contributed by atoms with Gasteiger partial charge in [0.15, 0.2) is 6.61 Å². The third-order valence-electron chi connectivity index (χ3n) is 5.59. The molecule has 0 bridgehead atoms. The van der Waals surface area contributed by atoms with E-state index in [2.05, 4.69) is 26.1 Å². The van der Waals surface area contributed by atoms with E-state index >= 15 is 0 Å². The Labute approximate surface area is 168 Å². The summed E-state index contributed by atoms with van der Waals surface area (Å²) in [6.07, 6.45) is 4.53. The van der Waals surface area contributed by atoms with E-state index in [1.54, 1.807) is 11.3 Å². The normalized spacial score (nSPS) is 17.3. The standard InChI is InChI=1S/C22H25NO4S/c1-4-5-12-8-15-16(27-11-18(24)23-15)9-13(12)20-19(21(25)26)14-10-22(2,3)7-6-17(14)28-20/h8-9H,4-7,10-11H2,1-3H3,(H,23,24)(H,25,26). The molecule has 4 rings (SSSR count). The Morgan fingerprint density at radius 3 is 2.86 bits per heavy atom. The Morgan fingerprint density at radius 2 is 2.14 bits per heavy atom. The molecule has 0 saturated heterocycles. The number of aromatic carboxylic acids is 1. The van der Waals surface area contributed by atoms with E-state index in [4.69, 9.17) is 4.74 Å². The number of carbonyl (C=O) groups is 2. The van der Waals surface area contributed by atoms with Gasteiger partial charge in [0.05, 0.1) is 11.3 Å². The first kappa shape index (κ1) is 19.0. The molecule has 2 aromatic rings. The number of benzene rings is 1. The van der Waals surface area contributed by atoms with E-state index in [0.29, 0.717) is 17.0 Å². The molecular formula is C22H25NO4S. The SMILES string of the molecule is CCCc1cc2c(cc1-c1sc3c(c1C(=O)O)CC(C)(C)CC3)OCC(=O)N2. The van der Waals surface area contributed by atoms with Crippen molar-refractivity contribution in [3.63, 3.8) is 0 Å². The van der Waals surface area contributed by atoms with E-state index in [-0.39, 0.29) is 17.9 Å². The number of anilines is 1. The summed E-state index contributed by atoms with van der Waals surface area (Å²) in [7, 11) is 0. The van der Waals surface area contributed by atoms with Crippen molar-refractivity contribution < 1.29 is 19.4 Å². The van der Waals surface area contributed by atoms with Gasteiger partial charge in [-0.3, -0.25) is 4.79 Å². The zero-order valence-electron chi connectivity index (χ0n) is 16.5. The van der Waals surface area contributed by atoms with Gasteiger partial charge in [-0.1, -0.05) is 27.2 Å². The van der Waals surface area contributed by atoms with Gasteiger partial charge in [0.25, 0.3) is 5.91 Å². The molecule has 28 heavy (non-hydrogen) atoms. The Hall–Kier alpha value is -2.34.